The van der Waals surface area contributed by atoms with Crippen LogP contribution in [0.1, 0.15) is 25.0 Å². The van der Waals surface area contributed by atoms with Crippen LogP contribution >= 0.6 is 23.5 Å². The van der Waals surface area contributed by atoms with Gasteiger partial charge in [-0.15, -0.1) is 5.10 Å². The van der Waals surface area contributed by atoms with Crippen molar-refractivity contribution in [1.82, 2.24) is 10.3 Å². The van der Waals surface area contributed by atoms with Crippen LogP contribution in [0, 0.1) is 0 Å². The highest BCUT2D eigenvalue weighted by molar-refractivity contribution is 8.19. The van der Waals surface area contributed by atoms with E-state index in [1.807, 2.05) is 49.4 Å². The van der Waals surface area contributed by atoms with Crippen molar-refractivity contribution in [3.63, 3.8) is 0 Å². The Morgan fingerprint density at radius 1 is 1.15 bits per heavy atom. The quantitative estimate of drug-likeness (QED) is 0.662. The van der Waals surface area contributed by atoms with Crippen LogP contribution in [0.3, 0.4) is 0 Å². The number of carbonyl (C=O) groups is 2. The molecule has 2 heterocycles. The van der Waals surface area contributed by atoms with Crippen LogP contribution in [0.5, 0.6) is 11.5 Å². The van der Waals surface area contributed by atoms with Crippen molar-refractivity contribution >= 4 is 51.7 Å². The van der Waals surface area contributed by atoms with Crippen LogP contribution < -0.4 is 14.8 Å². The number of amidine groups is 2. The van der Waals surface area contributed by atoms with Crippen molar-refractivity contribution in [2.24, 2.45) is 10.1 Å². The van der Waals surface area contributed by atoms with Crippen molar-refractivity contribution in [2.75, 3.05) is 14.2 Å². The van der Waals surface area contributed by atoms with Crippen molar-refractivity contribution in [1.29, 1.82) is 0 Å². The normalized spacial score (nSPS) is 22.5. The second-order valence-electron chi connectivity index (χ2n) is 7.23. The summed E-state index contributed by atoms with van der Waals surface area (Å²) in [6.45, 7) is 3.39. The van der Waals surface area contributed by atoms with Gasteiger partial charge >= 0.3 is 0 Å². The number of amides is 2. The van der Waals surface area contributed by atoms with Crippen LogP contribution in [-0.4, -0.2) is 41.4 Å². The molecule has 10 heteroatoms. The van der Waals surface area contributed by atoms with Crippen molar-refractivity contribution in [2.45, 2.75) is 18.7 Å². The molecule has 2 aliphatic rings. The molecule has 33 heavy (non-hydrogen) atoms. The molecule has 0 saturated carbocycles. The van der Waals surface area contributed by atoms with E-state index in [4.69, 9.17) is 9.47 Å². The molecule has 4 rings (SSSR count). The summed E-state index contributed by atoms with van der Waals surface area (Å²) >= 11 is 2.55. The maximum Gasteiger partial charge on any atom is 0.264 e. The zero-order valence-corrected chi connectivity index (χ0v) is 20.1. The lowest BCUT2D eigenvalue weighted by atomic mass is 10.1. The first-order chi connectivity index (χ1) is 15.9. The molecule has 2 amide bonds. The highest BCUT2D eigenvalue weighted by atomic mass is 32.2. The highest BCUT2D eigenvalue weighted by Crippen LogP contribution is 2.46. The van der Waals surface area contributed by atoms with E-state index in [1.165, 1.54) is 35.5 Å². The molecule has 0 aliphatic carbocycles. The molecule has 1 saturated heterocycles. The largest absolute Gasteiger partial charge is 0.493 e. The number of rotatable bonds is 4. The van der Waals surface area contributed by atoms with E-state index >= 15 is 0 Å². The number of nitrogens with one attached hydrogen (secondary N) is 1. The second-order valence-corrected chi connectivity index (χ2v) is 9.62. The maximum absolute atomic E-state index is 12.6. The number of nitrogens with zero attached hydrogens (tertiary/aromatic N) is 3. The summed E-state index contributed by atoms with van der Waals surface area (Å²) in [7, 11) is 3.11. The number of ether oxygens (including phenoxy) is 2. The molecule has 0 radical (unpaired) electrons. The van der Waals surface area contributed by atoms with Gasteiger partial charge in [0.1, 0.15) is 4.87 Å². The fourth-order valence-electron chi connectivity index (χ4n) is 3.50. The van der Waals surface area contributed by atoms with E-state index in [2.05, 4.69) is 15.4 Å². The maximum atomic E-state index is 12.6. The predicted molar refractivity (Wildman–Crippen MR) is 132 cm³/mol. The molecular weight excluding hydrogens is 460 g/mol. The lowest BCUT2D eigenvalue weighted by Crippen LogP contribution is -2.37. The first-order valence-corrected chi connectivity index (χ1v) is 11.6. The Bertz CT molecular complexity index is 1200. The smallest absolute Gasteiger partial charge is 0.264 e. The van der Waals surface area contributed by atoms with Crippen LogP contribution in [0.2, 0.25) is 0 Å². The first kappa shape index (κ1) is 22.9. The molecule has 1 N–H and O–H groups in total. The Hall–Kier alpha value is -3.24. The van der Waals surface area contributed by atoms with Gasteiger partial charge in [-0.2, -0.15) is 4.99 Å². The fraction of sp³-hybridized carbons (Fsp3) is 0.217. The number of benzene rings is 2. The van der Waals surface area contributed by atoms with Crippen LogP contribution in [0.25, 0.3) is 6.08 Å². The fourth-order valence-corrected chi connectivity index (χ4v) is 5.50. The Morgan fingerprint density at radius 3 is 2.58 bits per heavy atom. The van der Waals surface area contributed by atoms with E-state index in [9.17, 15) is 9.59 Å². The lowest BCUT2D eigenvalue weighted by Gasteiger charge is -2.30. The van der Waals surface area contributed by atoms with E-state index in [1.54, 1.807) is 26.4 Å². The third-order valence-corrected chi connectivity index (χ3v) is 7.13. The lowest BCUT2D eigenvalue weighted by molar-refractivity contribution is -0.131. The summed E-state index contributed by atoms with van der Waals surface area (Å²) in [5, 5.41) is 9.38. The van der Waals surface area contributed by atoms with Gasteiger partial charge in [0, 0.05) is 12.5 Å². The monoisotopic (exact) mass is 482 g/mol. The minimum absolute atomic E-state index is 0.196. The third kappa shape index (κ3) is 4.49. The predicted octanol–water partition coefficient (Wildman–Crippen LogP) is 4.00. The number of methoxy groups -OCH3 is 2. The Balaban J connectivity index is 1.60. The van der Waals surface area contributed by atoms with Gasteiger partial charge in [-0.1, -0.05) is 42.5 Å². The SMILES string of the molecule is COc1cccc(/C=C2\S/C(=N/C3=NN(C(C)=O)C(C)(c4ccccc4)S3)NC2=O)c1OC. The second kappa shape index (κ2) is 9.32. The average molecular weight is 483 g/mol. The standard InChI is InChI=1S/C23H22N4O4S2/c1-14(28)27-23(2,16-10-6-5-7-11-16)33-22(26-27)25-21-24-20(29)18(32-21)13-15-9-8-12-17(30-3)19(15)31-4/h5-13H,1-4H3,(H,24,25,26,29)/b18-13-. The van der Waals surface area contributed by atoms with Gasteiger partial charge < -0.3 is 14.8 Å². The number of aliphatic imine (C=N–C) groups is 1. The summed E-state index contributed by atoms with van der Waals surface area (Å²) in [6.07, 6.45) is 1.73. The molecule has 170 valence electrons. The molecule has 2 aromatic carbocycles. The number of hydrogen-bond donors (Lipinski definition) is 1. The van der Waals surface area contributed by atoms with Crippen molar-refractivity contribution in [3.05, 3.63) is 64.6 Å². The number of hydrazone groups is 1. The summed E-state index contributed by atoms with van der Waals surface area (Å²) in [6, 6.07) is 15.1. The van der Waals surface area contributed by atoms with E-state index in [0.717, 1.165) is 5.56 Å². The molecule has 2 aliphatic heterocycles. The summed E-state index contributed by atoms with van der Waals surface area (Å²) < 4.78 is 10.8. The molecule has 0 spiro atoms. The molecule has 1 fully saturated rings. The summed E-state index contributed by atoms with van der Waals surface area (Å²) in [5.74, 6) is 0.641. The zero-order chi connectivity index (χ0) is 23.6. The van der Waals surface area contributed by atoms with Crippen molar-refractivity contribution < 1.29 is 19.1 Å². The zero-order valence-electron chi connectivity index (χ0n) is 18.5. The molecule has 2 aromatic rings. The number of carbonyl (C=O) groups excluding carboxylic acids is 2. The molecule has 0 bridgehead atoms. The van der Waals surface area contributed by atoms with Crippen molar-refractivity contribution in [3.8, 4) is 11.5 Å². The number of para-hydroxylation sites is 1. The first-order valence-electron chi connectivity index (χ1n) is 10.00. The van der Waals surface area contributed by atoms with Crippen LogP contribution in [0.4, 0.5) is 0 Å². The Morgan fingerprint density at radius 2 is 1.91 bits per heavy atom. The average Bonchev–Trinajstić information content (AvgIpc) is 3.33. The van der Waals surface area contributed by atoms with Crippen LogP contribution in [0.15, 0.2) is 63.5 Å². The number of thioether (sulfide) groups is 2. The van der Waals surface area contributed by atoms with Gasteiger partial charge in [0.2, 0.25) is 11.1 Å². The van der Waals surface area contributed by atoms with Gasteiger partial charge in [0.05, 0.1) is 19.1 Å². The third-order valence-electron chi connectivity index (χ3n) is 5.06. The summed E-state index contributed by atoms with van der Waals surface area (Å²) in [5.41, 5.74) is 1.64. The minimum atomic E-state index is -0.730. The van der Waals surface area contributed by atoms with Crippen LogP contribution in [-0.2, 0) is 14.5 Å². The van der Waals surface area contributed by atoms with E-state index < -0.39 is 4.87 Å². The van der Waals surface area contributed by atoms with Gasteiger partial charge in [-0.25, -0.2) is 5.01 Å². The van der Waals surface area contributed by atoms with Gasteiger partial charge in [0.25, 0.3) is 5.91 Å². The molecular formula is C23H22N4O4S2. The molecule has 0 aromatic heterocycles. The Labute approximate surface area is 200 Å². The Kier molecular flexibility index (Phi) is 6.48. The van der Waals surface area contributed by atoms with E-state index in [0.29, 0.717) is 32.3 Å². The summed E-state index contributed by atoms with van der Waals surface area (Å²) in [4.78, 5) is 29.1. The number of hydrogen-bond acceptors (Lipinski definition) is 8. The topological polar surface area (TPSA) is 92.6 Å². The minimum Gasteiger partial charge on any atom is -0.493 e. The van der Waals surface area contributed by atoms with E-state index in [-0.39, 0.29) is 11.8 Å². The van der Waals surface area contributed by atoms with Gasteiger partial charge in [-0.05, 0) is 48.2 Å². The molecule has 8 nitrogen and oxygen atoms in total. The highest BCUT2D eigenvalue weighted by Gasteiger charge is 2.44. The molecule has 1 atom stereocenters. The molecule has 1 unspecified atom stereocenters. The van der Waals surface area contributed by atoms with Gasteiger partial charge in [-0.3, -0.25) is 9.59 Å². The van der Waals surface area contributed by atoms with Gasteiger partial charge in [0.15, 0.2) is 16.7 Å².